The topological polar surface area (TPSA) is 55.6 Å². The summed E-state index contributed by atoms with van der Waals surface area (Å²) in [4.78, 5) is 14.2. The maximum Gasteiger partial charge on any atom is 0.254 e. The summed E-state index contributed by atoms with van der Waals surface area (Å²) in [7, 11) is 1.82. The highest BCUT2D eigenvalue weighted by Crippen LogP contribution is 2.25. The van der Waals surface area contributed by atoms with Gasteiger partial charge in [0.1, 0.15) is 5.75 Å². The molecule has 0 spiro atoms. The number of hydrogen-bond donors (Lipinski definition) is 1. The molecule has 0 aliphatic rings. The van der Waals surface area contributed by atoms with Crippen LogP contribution in [0.2, 0.25) is 0 Å². The highest BCUT2D eigenvalue weighted by atomic mass is 16.5. The molecule has 1 amide bonds. The zero-order valence-electron chi connectivity index (χ0n) is 12.5. The molecule has 0 atom stereocenters. The quantitative estimate of drug-likeness (QED) is 0.832. The second-order valence-corrected chi connectivity index (χ2v) is 5.22. The first-order chi connectivity index (χ1) is 8.83. The average molecular weight is 264 g/mol. The Morgan fingerprint density at radius 1 is 1.37 bits per heavy atom. The minimum absolute atomic E-state index is 0.0263. The lowest BCUT2D eigenvalue weighted by Crippen LogP contribution is -2.44. The van der Waals surface area contributed by atoms with Crippen LogP contribution in [-0.2, 0) is 0 Å². The van der Waals surface area contributed by atoms with Crippen LogP contribution in [0.15, 0.2) is 18.2 Å². The van der Waals surface area contributed by atoms with E-state index in [1.165, 1.54) is 0 Å². The molecular formula is C15H24N2O2. The Morgan fingerprint density at radius 3 is 2.47 bits per heavy atom. The molecule has 1 aromatic rings. The number of nitrogen functional groups attached to an aromatic ring is 1. The van der Waals surface area contributed by atoms with Gasteiger partial charge in [0.15, 0.2) is 0 Å². The Labute approximate surface area is 115 Å². The van der Waals surface area contributed by atoms with Crippen molar-refractivity contribution < 1.29 is 9.53 Å². The Hall–Kier alpha value is -1.71. The maximum atomic E-state index is 12.4. The van der Waals surface area contributed by atoms with Crippen molar-refractivity contribution in [3.63, 3.8) is 0 Å². The van der Waals surface area contributed by atoms with Crippen molar-refractivity contribution >= 4 is 11.6 Å². The van der Waals surface area contributed by atoms with Crippen molar-refractivity contribution in [2.45, 2.75) is 39.7 Å². The number of nitrogens with zero attached hydrogens (tertiary/aromatic N) is 1. The molecule has 106 valence electrons. The molecule has 0 saturated heterocycles. The highest BCUT2D eigenvalue weighted by molar-refractivity contribution is 5.95. The van der Waals surface area contributed by atoms with Crippen molar-refractivity contribution in [3.8, 4) is 5.75 Å². The van der Waals surface area contributed by atoms with Gasteiger partial charge in [0.2, 0.25) is 0 Å². The summed E-state index contributed by atoms with van der Waals surface area (Å²) in [5, 5.41) is 0. The lowest BCUT2D eigenvalue weighted by Gasteiger charge is -2.35. The first kappa shape index (κ1) is 15.3. The minimum Gasteiger partial charge on any atom is -0.492 e. The van der Waals surface area contributed by atoms with Crippen molar-refractivity contribution in [3.05, 3.63) is 23.8 Å². The van der Waals surface area contributed by atoms with Gasteiger partial charge in [-0.15, -0.1) is 0 Å². The Kier molecular flexibility index (Phi) is 4.81. The summed E-state index contributed by atoms with van der Waals surface area (Å²) < 4.78 is 5.37. The fourth-order valence-corrected chi connectivity index (χ4v) is 1.67. The Balaban J connectivity index is 2.98. The largest absolute Gasteiger partial charge is 0.492 e. The van der Waals surface area contributed by atoms with Crippen LogP contribution in [0.4, 0.5) is 5.69 Å². The van der Waals surface area contributed by atoms with Crippen molar-refractivity contribution in [1.82, 2.24) is 4.90 Å². The van der Waals surface area contributed by atoms with Crippen molar-refractivity contribution in [1.29, 1.82) is 0 Å². The maximum absolute atomic E-state index is 12.4. The molecule has 0 aliphatic heterocycles. The van der Waals surface area contributed by atoms with Gasteiger partial charge in [-0.1, -0.05) is 6.92 Å². The summed E-state index contributed by atoms with van der Waals surface area (Å²) in [6, 6.07) is 5.18. The SMILES string of the molecule is CCOc1ccc(C(=O)N(C)C(C)(C)CC)cc1N. The summed E-state index contributed by atoms with van der Waals surface area (Å²) in [6.07, 6.45) is 0.891. The van der Waals surface area contributed by atoms with E-state index in [1.807, 2.05) is 27.8 Å². The summed E-state index contributed by atoms with van der Waals surface area (Å²) >= 11 is 0. The van der Waals surface area contributed by atoms with Crippen molar-refractivity contribution in [2.24, 2.45) is 0 Å². The minimum atomic E-state index is -0.176. The van der Waals surface area contributed by atoms with Crippen LogP contribution in [0.25, 0.3) is 0 Å². The number of carbonyl (C=O) groups excluding carboxylic acids is 1. The molecule has 4 heteroatoms. The standard InChI is InChI=1S/C15H24N2O2/c1-6-15(3,4)17(5)14(18)11-8-9-13(19-7-2)12(16)10-11/h8-10H,6-7,16H2,1-5H3. The van der Waals surface area contributed by atoms with Gasteiger partial charge in [-0.3, -0.25) is 4.79 Å². The molecule has 0 heterocycles. The van der Waals surface area contributed by atoms with E-state index >= 15 is 0 Å². The summed E-state index contributed by atoms with van der Waals surface area (Å²) in [6.45, 7) is 8.61. The van der Waals surface area contributed by atoms with Gasteiger partial charge in [0.25, 0.3) is 5.91 Å². The summed E-state index contributed by atoms with van der Waals surface area (Å²) in [5.41, 5.74) is 6.80. The van der Waals surface area contributed by atoms with E-state index in [0.29, 0.717) is 23.6 Å². The van der Waals surface area contributed by atoms with Crippen molar-refractivity contribution in [2.75, 3.05) is 19.4 Å². The van der Waals surface area contributed by atoms with Gasteiger partial charge in [-0.2, -0.15) is 0 Å². The number of rotatable bonds is 5. The average Bonchev–Trinajstić information content (AvgIpc) is 2.39. The Bertz CT molecular complexity index is 455. The third-order valence-electron chi connectivity index (χ3n) is 3.63. The predicted molar refractivity (Wildman–Crippen MR) is 78.5 cm³/mol. The third-order valence-corrected chi connectivity index (χ3v) is 3.63. The van der Waals surface area contributed by atoms with E-state index in [1.54, 1.807) is 23.1 Å². The smallest absolute Gasteiger partial charge is 0.254 e. The normalized spacial score (nSPS) is 11.2. The predicted octanol–water partition coefficient (Wildman–Crippen LogP) is 2.93. The molecule has 1 aromatic carbocycles. The molecule has 0 aliphatic carbocycles. The summed E-state index contributed by atoms with van der Waals surface area (Å²) in [5.74, 6) is 0.595. The van der Waals surface area contributed by atoms with Crippen LogP contribution in [0.1, 0.15) is 44.5 Å². The van der Waals surface area contributed by atoms with Crippen LogP contribution in [0, 0.1) is 0 Å². The molecule has 1 rings (SSSR count). The van der Waals surface area contributed by atoms with Crippen LogP contribution in [-0.4, -0.2) is 30.0 Å². The lowest BCUT2D eigenvalue weighted by molar-refractivity contribution is 0.0620. The first-order valence-corrected chi connectivity index (χ1v) is 6.64. The monoisotopic (exact) mass is 264 g/mol. The van der Waals surface area contributed by atoms with E-state index < -0.39 is 0 Å². The lowest BCUT2D eigenvalue weighted by atomic mass is 9.99. The number of hydrogen-bond acceptors (Lipinski definition) is 3. The molecule has 0 saturated carbocycles. The second-order valence-electron chi connectivity index (χ2n) is 5.22. The molecule has 0 aromatic heterocycles. The number of nitrogens with two attached hydrogens (primary N) is 1. The van der Waals surface area contributed by atoms with Gasteiger partial charge < -0.3 is 15.4 Å². The van der Waals surface area contributed by atoms with Gasteiger partial charge >= 0.3 is 0 Å². The van der Waals surface area contributed by atoms with Crippen LogP contribution >= 0.6 is 0 Å². The molecule has 0 fully saturated rings. The number of ether oxygens (including phenoxy) is 1. The zero-order valence-corrected chi connectivity index (χ0v) is 12.5. The van der Waals surface area contributed by atoms with E-state index in [-0.39, 0.29) is 11.4 Å². The molecule has 4 nitrogen and oxygen atoms in total. The van der Waals surface area contributed by atoms with Gasteiger partial charge in [-0.05, 0) is 45.4 Å². The van der Waals surface area contributed by atoms with E-state index in [4.69, 9.17) is 10.5 Å². The number of benzene rings is 1. The Morgan fingerprint density at radius 2 is 2.00 bits per heavy atom. The third kappa shape index (κ3) is 3.40. The van der Waals surface area contributed by atoms with E-state index in [9.17, 15) is 4.79 Å². The van der Waals surface area contributed by atoms with Gasteiger partial charge in [0, 0.05) is 18.2 Å². The van der Waals surface area contributed by atoms with Crippen LogP contribution in [0.5, 0.6) is 5.75 Å². The second kappa shape index (κ2) is 5.95. The fourth-order valence-electron chi connectivity index (χ4n) is 1.67. The molecule has 19 heavy (non-hydrogen) atoms. The van der Waals surface area contributed by atoms with Gasteiger partial charge in [0.05, 0.1) is 12.3 Å². The number of anilines is 1. The molecule has 0 bridgehead atoms. The zero-order chi connectivity index (χ0) is 14.6. The van der Waals surface area contributed by atoms with Crippen LogP contribution in [0.3, 0.4) is 0 Å². The molecule has 0 radical (unpaired) electrons. The number of carbonyl (C=O) groups is 1. The van der Waals surface area contributed by atoms with Crippen LogP contribution < -0.4 is 10.5 Å². The first-order valence-electron chi connectivity index (χ1n) is 6.64. The van der Waals surface area contributed by atoms with E-state index in [2.05, 4.69) is 6.92 Å². The van der Waals surface area contributed by atoms with Gasteiger partial charge in [-0.25, -0.2) is 0 Å². The molecule has 2 N–H and O–H groups in total. The molecule has 0 unspecified atom stereocenters. The molecular weight excluding hydrogens is 240 g/mol. The number of amides is 1. The highest BCUT2D eigenvalue weighted by Gasteiger charge is 2.26. The van der Waals surface area contributed by atoms with E-state index in [0.717, 1.165) is 6.42 Å². The fraction of sp³-hybridized carbons (Fsp3) is 0.533.